The van der Waals surface area contributed by atoms with Crippen LogP contribution in [0.4, 0.5) is 0 Å². The van der Waals surface area contributed by atoms with Crippen molar-refractivity contribution in [3.05, 3.63) is 35.9 Å². The molecule has 4 rings (SSSR count). The van der Waals surface area contributed by atoms with Crippen molar-refractivity contribution in [1.82, 2.24) is 5.32 Å². The molecule has 29 heavy (non-hydrogen) atoms. The van der Waals surface area contributed by atoms with E-state index in [4.69, 9.17) is 18.0 Å². The minimum atomic E-state index is 0.0745. The van der Waals surface area contributed by atoms with Crippen molar-refractivity contribution >= 4 is 17.2 Å². The number of hydrogen-bond donors (Lipinski definition) is 2. The van der Waals surface area contributed by atoms with Crippen molar-refractivity contribution in [3.8, 4) is 0 Å². The predicted molar refractivity (Wildman–Crippen MR) is 127 cm³/mol. The zero-order valence-electron chi connectivity index (χ0n) is 18.8. The van der Waals surface area contributed by atoms with Crippen LogP contribution in [0.25, 0.3) is 0 Å². The lowest BCUT2D eigenvalue weighted by Gasteiger charge is -2.61. The molecule has 0 spiro atoms. The summed E-state index contributed by atoms with van der Waals surface area (Å²) in [6.45, 7) is 9.94. The number of thiocarbonyl (C=S) groups is 1. The Bertz CT molecular complexity index is 732. The van der Waals surface area contributed by atoms with Crippen molar-refractivity contribution in [2.24, 2.45) is 28.4 Å². The Morgan fingerprint density at radius 3 is 2.31 bits per heavy atom. The number of nitrogens with two attached hydrogens (primary N) is 1. The van der Waals surface area contributed by atoms with E-state index in [0.717, 1.165) is 36.6 Å². The Morgan fingerprint density at radius 2 is 1.66 bits per heavy atom. The molecular formula is C26H40N2S. The molecule has 0 amide bonds. The molecule has 4 unspecified atom stereocenters. The quantitative estimate of drug-likeness (QED) is 0.599. The van der Waals surface area contributed by atoms with Gasteiger partial charge in [-0.15, -0.1) is 0 Å². The van der Waals surface area contributed by atoms with Crippen LogP contribution in [0.1, 0.15) is 84.6 Å². The Kier molecular flexibility index (Phi) is 5.61. The lowest BCUT2D eigenvalue weighted by Crippen LogP contribution is -2.57. The van der Waals surface area contributed by atoms with Gasteiger partial charge in [0.15, 0.2) is 0 Å². The van der Waals surface area contributed by atoms with Crippen LogP contribution in [0.3, 0.4) is 0 Å². The molecule has 0 aliphatic heterocycles. The average molecular weight is 413 g/mol. The number of nitrogens with one attached hydrogen (secondary N) is 1. The third-order valence-corrected chi connectivity index (χ3v) is 9.73. The maximum absolute atomic E-state index is 6.14. The maximum atomic E-state index is 6.14. The normalized spacial score (nSPS) is 41.6. The zero-order valence-corrected chi connectivity index (χ0v) is 19.7. The van der Waals surface area contributed by atoms with Crippen LogP contribution in [0.15, 0.2) is 30.3 Å². The van der Waals surface area contributed by atoms with E-state index < -0.39 is 0 Å². The van der Waals surface area contributed by atoms with Crippen LogP contribution >= 0.6 is 12.2 Å². The number of hydrogen-bond acceptors (Lipinski definition) is 2. The van der Waals surface area contributed by atoms with Crippen LogP contribution < -0.4 is 11.1 Å². The van der Waals surface area contributed by atoms with Crippen molar-refractivity contribution < 1.29 is 0 Å². The number of fused-ring (bicyclic) bond motifs is 2. The molecule has 3 heteroatoms. The van der Waals surface area contributed by atoms with E-state index in [1.54, 1.807) is 0 Å². The highest BCUT2D eigenvalue weighted by Crippen LogP contribution is 2.63. The summed E-state index contributed by atoms with van der Waals surface area (Å²) in [6.07, 6.45) is 9.55. The van der Waals surface area contributed by atoms with Crippen LogP contribution in [0.5, 0.6) is 0 Å². The topological polar surface area (TPSA) is 38.0 Å². The number of benzene rings is 1. The summed E-state index contributed by atoms with van der Waals surface area (Å²) in [4.78, 5) is 1.12. The smallest absolute Gasteiger partial charge is 0.0815 e. The van der Waals surface area contributed by atoms with Gasteiger partial charge in [0.25, 0.3) is 0 Å². The van der Waals surface area contributed by atoms with Crippen molar-refractivity contribution in [3.63, 3.8) is 0 Å². The molecule has 1 aromatic rings. The predicted octanol–water partition coefficient (Wildman–Crippen LogP) is 5.98. The van der Waals surface area contributed by atoms with Gasteiger partial charge in [-0.3, -0.25) is 0 Å². The molecule has 3 aliphatic rings. The van der Waals surface area contributed by atoms with E-state index in [1.165, 1.54) is 31.2 Å². The minimum absolute atomic E-state index is 0.0745. The molecule has 0 radical (unpaired) electrons. The second kappa shape index (κ2) is 7.64. The first-order valence-electron chi connectivity index (χ1n) is 11.8. The highest BCUT2D eigenvalue weighted by atomic mass is 32.1. The van der Waals surface area contributed by atoms with Gasteiger partial charge >= 0.3 is 0 Å². The van der Waals surface area contributed by atoms with Crippen molar-refractivity contribution in [2.45, 2.75) is 96.6 Å². The number of rotatable bonds is 3. The van der Waals surface area contributed by atoms with Crippen molar-refractivity contribution in [2.75, 3.05) is 0 Å². The van der Waals surface area contributed by atoms with Crippen molar-refractivity contribution in [1.29, 1.82) is 0 Å². The van der Waals surface area contributed by atoms with E-state index >= 15 is 0 Å². The zero-order chi connectivity index (χ0) is 20.9. The molecule has 2 bridgehead atoms. The Balaban J connectivity index is 1.62. The largest absolute Gasteiger partial charge is 0.376 e. The molecule has 2 nitrogen and oxygen atoms in total. The SMILES string of the molecule is CC1CC2(c3ccccc3)CC(CC(C)(C(=S)NC3CCC(N)CC3)C2)C1(C)C. The molecule has 1 aromatic carbocycles. The first-order valence-corrected chi connectivity index (χ1v) is 12.2. The third-order valence-electron chi connectivity index (χ3n) is 9.12. The van der Waals surface area contributed by atoms with Crippen LogP contribution in [0.2, 0.25) is 0 Å². The summed E-state index contributed by atoms with van der Waals surface area (Å²) in [5.41, 5.74) is 8.36. The van der Waals surface area contributed by atoms with Gasteiger partial charge < -0.3 is 11.1 Å². The van der Waals surface area contributed by atoms with Gasteiger partial charge in [0.1, 0.15) is 0 Å². The van der Waals surface area contributed by atoms with Crippen LogP contribution in [0, 0.1) is 22.7 Å². The van der Waals surface area contributed by atoms with E-state index in [0.29, 0.717) is 23.4 Å². The van der Waals surface area contributed by atoms with Gasteiger partial charge in [-0.05, 0) is 79.6 Å². The summed E-state index contributed by atoms with van der Waals surface area (Å²) in [5, 5.41) is 3.82. The van der Waals surface area contributed by atoms with E-state index in [2.05, 4.69) is 63.3 Å². The summed E-state index contributed by atoms with van der Waals surface area (Å²) in [6, 6.07) is 12.2. The Labute approximate surface area is 183 Å². The Morgan fingerprint density at radius 1 is 1.00 bits per heavy atom. The van der Waals surface area contributed by atoms with E-state index in [-0.39, 0.29) is 10.8 Å². The average Bonchev–Trinajstić information content (AvgIpc) is 2.69. The fourth-order valence-electron chi connectivity index (χ4n) is 6.84. The van der Waals surface area contributed by atoms with Gasteiger partial charge in [0.2, 0.25) is 0 Å². The molecule has 160 valence electrons. The van der Waals surface area contributed by atoms with Gasteiger partial charge in [-0.25, -0.2) is 0 Å². The lowest BCUT2D eigenvalue weighted by atomic mass is 9.44. The fraction of sp³-hybridized carbons (Fsp3) is 0.731. The summed E-state index contributed by atoms with van der Waals surface area (Å²) >= 11 is 6.14. The standard InChI is InChI=1S/C26H40N2S/c1-18-14-26(19-8-6-5-7-9-19)16-20(24(18,2)3)15-25(4,17-26)23(29)28-22-12-10-21(27)11-13-22/h5-9,18,20-22H,10-17,27H2,1-4H3,(H,28,29). The molecule has 3 saturated carbocycles. The van der Waals surface area contributed by atoms with Gasteiger partial charge in [0, 0.05) is 17.5 Å². The third kappa shape index (κ3) is 3.90. The maximum Gasteiger partial charge on any atom is 0.0815 e. The molecule has 4 atom stereocenters. The summed E-state index contributed by atoms with van der Waals surface area (Å²) < 4.78 is 0. The second-order valence-corrected chi connectivity index (χ2v) is 11.9. The first-order chi connectivity index (χ1) is 13.6. The highest BCUT2D eigenvalue weighted by molar-refractivity contribution is 7.80. The highest BCUT2D eigenvalue weighted by Gasteiger charge is 2.57. The molecular weight excluding hydrogens is 372 g/mol. The van der Waals surface area contributed by atoms with Gasteiger partial charge in [-0.2, -0.15) is 0 Å². The van der Waals surface area contributed by atoms with E-state index in [1.807, 2.05) is 0 Å². The van der Waals surface area contributed by atoms with E-state index in [9.17, 15) is 0 Å². The van der Waals surface area contributed by atoms with Gasteiger partial charge in [0.05, 0.1) is 4.99 Å². The molecule has 0 saturated heterocycles. The molecule has 0 heterocycles. The minimum Gasteiger partial charge on any atom is -0.376 e. The van der Waals surface area contributed by atoms with Crippen LogP contribution in [-0.4, -0.2) is 17.1 Å². The lowest BCUT2D eigenvalue weighted by molar-refractivity contribution is -0.0464. The second-order valence-electron chi connectivity index (χ2n) is 11.5. The van der Waals surface area contributed by atoms with Gasteiger partial charge in [-0.1, -0.05) is 70.2 Å². The molecule has 3 fully saturated rings. The molecule has 3 aliphatic carbocycles. The molecule has 3 N–H and O–H groups in total. The summed E-state index contributed by atoms with van der Waals surface area (Å²) in [7, 11) is 0. The first kappa shape index (κ1) is 21.3. The fourth-order valence-corrected chi connectivity index (χ4v) is 7.16. The Hall–Kier alpha value is -0.930. The van der Waals surface area contributed by atoms with Crippen LogP contribution in [-0.2, 0) is 5.41 Å². The monoisotopic (exact) mass is 412 g/mol. The summed E-state index contributed by atoms with van der Waals surface area (Å²) in [5.74, 6) is 1.44. The molecule has 0 aromatic heterocycles.